The SMILES string of the molecule is CCCCC(N)C(=O)NCC(=O)N(C)CC. The molecule has 0 saturated carbocycles. The highest BCUT2D eigenvalue weighted by molar-refractivity contribution is 5.87. The molecule has 0 bridgehead atoms. The van der Waals surface area contributed by atoms with Crippen molar-refractivity contribution in [3.63, 3.8) is 0 Å². The first-order valence-corrected chi connectivity index (χ1v) is 5.80. The summed E-state index contributed by atoms with van der Waals surface area (Å²) in [5.41, 5.74) is 5.66. The van der Waals surface area contributed by atoms with E-state index in [0.717, 1.165) is 12.8 Å². The van der Waals surface area contributed by atoms with Crippen molar-refractivity contribution in [1.82, 2.24) is 10.2 Å². The van der Waals surface area contributed by atoms with E-state index in [1.165, 1.54) is 0 Å². The van der Waals surface area contributed by atoms with Gasteiger partial charge in [0.15, 0.2) is 0 Å². The van der Waals surface area contributed by atoms with Gasteiger partial charge in [-0.15, -0.1) is 0 Å². The molecule has 0 saturated heterocycles. The molecule has 3 N–H and O–H groups in total. The van der Waals surface area contributed by atoms with Gasteiger partial charge in [-0.2, -0.15) is 0 Å². The number of nitrogens with one attached hydrogen (secondary N) is 1. The Labute approximate surface area is 97.4 Å². The van der Waals surface area contributed by atoms with Gasteiger partial charge in [-0.1, -0.05) is 19.8 Å². The molecule has 1 unspecified atom stereocenters. The Morgan fingerprint density at radius 2 is 2.00 bits per heavy atom. The van der Waals surface area contributed by atoms with Crippen LogP contribution >= 0.6 is 0 Å². The van der Waals surface area contributed by atoms with Crippen LogP contribution < -0.4 is 11.1 Å². The average Bonchev–Trinajstić information content (AvgIpc) is 2.31. The lowest BCUT2D eigenvalue weighted by Gasteiger charge is -2.16. The molecule has 0 aliphatic rings. The highest BCUT2D eigenvalue weighted by Gasteiger charge is 2.14. The number of likely N-dealkylation sites (N-methyl/N-ethyl adjacent to an activating group) is 1. The van der Waals surface area contributed by atoms with Crippen molar-refractivity contribution in [2.45, 2.75) is 39.2 Å². The molecule has 1 atom stereocenters. The zero-order valence-electron chi connectivity index (χ0n) is 10.5. The lowest BCUT2D eigenvalue weighted by Crippen LogP contribution is -2.45. The molecule has 16 heavy (non-hydrogen) atoms. The van der Waals surface area contributed by atoms with E-state index in [-0.39, 0.29) is 18.4 Å². The summed E-state index contributed by atoms with van der Waals surface area (Å²) >= 11 is 0. The quantitative estimate of drug-likeness (QED) is 0.650. The summed E-state index contributed by atoms with van der Waals surface area (Å²) in [4.78, 5) is 24.4. The summed E-state index contributed by atoms with van der Waals surface area (Å²) in [6.45, 7) is 4.59. The first-order chi connectivity index (χ1) is 7.52. The van der Waals surface area contributed by atoms with E-state index in [1.807, 2.05) is 13.8 Å². The molecule has 0 heterocycles. The van der Waals surface area contributed by atoms with Gasteiger partial charge in [0.05, 0.1) is 12.6 Å². The Balaban J connectivity index is 3.84. The van der Waals surface area contributed by atoms with Gasteiger partial charge in [0.2, 0.25) is 11.8 Å². The van der Waals surface area contributed by atoms with Crippen LogP contribution in [0.5, 0.6) is 0 Å². The molecule has 0 spiro atoms. The van der Waals surface area contributed by atoms with Gasteiger partial charge in [-0.05, 0) is 13.3 Å². The maximum atomic E-state index is 11.5. The third-order valence-corrected chi connectivity index (χ3v) is 2.52. The van der Waals surface area contributed by atoms with Crippen LogP contribution in [0, 0.1) is 0 Å². The van der Waals surface area contributed by atoms with Gasteiger partial charge in [0.1, 0.15) is 0 Å². The van der Waals surface area contributed by atoms with Crippen molar-refractivity contribution in [3.8, 4) is 0 Å². The monoisotopic (exact) mass is 229 g/mol. The van der Waals surface area contributed by atoms with Gasteiger partial charge in [-0.25, -0.2) is 0 Å². The summed E-state index contributed by atoms with van der Waals surface area (Å²) in [6.07, 6.45) is 2.61. The summed E-state index contributed by atoms with van der Waals surface area (Å²) in [6, 6.07) is -0.500. The molecule has 0 radical (unpaired) electrons. The normalized spacial score (nSPS) is 12.0. The summed E-state index contributed by atoms with van der Waals surface area (Å²) in [5.74, 6) is -0.343. The minimum absolute atomic E-state index is 0.0308. The fraction of sp³-hybridized carbons (Fsp3) is 0.818. The Hall–Kier alpha value is -1.10. The van der Waals surface area contributed by atoms with Crippen LogP contribution in [0.4, 0.5) is 0 Å². The van der Waals surface area contributed by atoms with Crippen LogP contribution in [0.15, 0.2) is 0 Å². The minimum atomic E-state index is -0.500. The molecular weight excluding hydrogens is 206 g/mol. The minimum Gasteiger partial charge on any atom is -0.346 e. The van der Waals surface area contributed by atoms with Crippen LogP contribution in [0.25, 0.3) is 0 Å². The number of hydrogen-bond acceptors (Lipinski definition) is 3. The lowest BCUT2D eigenvalue weighted by molar-refractivity contribution is -0.132. The fourth-order valence-electron chi connectivity index (χ4n) is 1.16. The fourth-order valence-corrected chi connectivity index (χ4v) is 1.16. The zero-order valence-corrected chi connectivity index (χ0v) is 10.5. The molecule has 0 aromatic rings. The second-order valence-corrected chi connectivity index (χ2v) is 3.87. The van der Waals surface area contributed by atoms with Gasteiger partial charge in [0.25, 0.3) is 0 Å². The predicted molar refractivity (Wildman–Crippen MR) is 63.8 cm³/mol. The molecule has 0 aliphatic carbocycles. The van der Waals surface area contributed by atoms with E-state index in [4.69, 9.17) is 5.73 Å². The number of carbonyl (C=O) groups is 2. The molecule has 0 rings (SSSR count). The maximum Gasteiger partial charge on any atom is 0.241 e. The molecule has 0 aliphatic heterocycles. The highest BCUT2D eigenvalue weighted by atomic mass is 16.2. The molecule has 5 nitrogen and oxygen atoms in total. The first kappa shape index (κ1) is 14.9. The Morgan fingerprint density at radius 1 is 1.38 bits per heavy atom. The second-order valence-electron chi connectivity index (χ2n) is 3.87. The summed E-state index contributed by atoms with van der Waals surface area (Å²) in [7, 11) is 1.70. The molecular formula is C11H23N3O2. The number of hydrogen-bond donors (Lipinski definition) is 2. The van der Waals surface area contributed by atoms with Crippen molar-refractivity contribution >= 4 is 11.8 Å². The zero-order chi connectivity index (χ0) is 12.6. The smallest absolute Gasteiger partial charge is 0.241 e. The average molecular weight is 229 g/mol. The predicted octanol–water partition coefficient (Wildman–Crippen LogP) is 0.0984. The summed E-state index contributed by atoms with van der Waals surface area (Å²) in [5, 5.41) is 2.55. The van der Waals surface area contributed by atoms with Crippen molar-refractivity contribution in [2.75, 3.05) is 20.1 Å². The van der Waals surface area contributed by atoms with Crippen LogP contribution in [-0.4, -0.2) is 42.9 Å². The lowest BCUT2D eigenvalue weighted by atomic mass is 10.1. The Morgan fingerprint density at radius 3 is 2.50 bits per heavy atom. The third kappa shape index (κ3) is 5.70. The molecule has 0 aromatic heterocycles. The number of rotatable bonds is 7. The van der Waals surface area contributed by atoms with E-state index in [0.29, 0.717) is 13.0 Å². The van der Waals surface area contributed by atoms with E-state index >= 15 is 0 Å². The van der Waals surface area contributed by atoms with E-state index in [9.17, 15) is 9.59 Å². The topological polar surface area (TPSA) is 75.4 Å². The number of nitrogens with zero attached hydrogens (tertiary/aromatic N) is 1. The third-order valence-electron chi connectivity index (χ3n) is 2.52. The Bertz CT molecular complexity index is 231. The van der Waals surface area contributed by atoms with Crippen molar-refractivity contribution in [1.29, 1.82) is 0 Å². The van der Waals surface area contributed by atoms with Crippen molar-refractivity contribution in [3.05, 3.63) is 0 Å². The van der Waals surface area contributed by atoms with Crippen LogP contribution in [-0.2, 0) is 9.59 Å². The molecule has 94 valence electrons. The van der Waals surface area contributed by atoms with Crippen molar-refractivity contribution in [2.24, 2.45) is 5.73 Å². The van der Waals surface area contributed by atoms with E-state index in [1.54, 1.807) is 11.9 Å². The van der Waals surface area contributed by atoms with Gasteiger partial charge in [0, 0.05) is 13.6 Å². The van der Waals surface area contributed by atoms with Crippen LogP contribution in [0.1, 0.15) is 33.1 Å². The van der Waals surface area contributed by atoms with Gasteiger partial charge >= 0.3 is 0 Å². The number of carbonyl (C=O) groups excluding carboxylic acids is 2. The second kappa shape index (κ2) is 8.10. The van der Waals surface area contributed by atoms with E-state index in [2.05, 4.69) is 5.32 Å². The molecule has 2 amide bonds. The molecule has 0 fully saturated rings. The van der Waals surface area contributed by atoms with Crippen LogP contribution in [0.2, 0.25) is 0 Å². The highest BCUT2D eigenvalue weighted by Crippen LogP contribution is 1.97. The van der Waals surface area contributed by atoms with E-state index < -0.39 is 6.04 Å². The number of nitrogens with two attached hydrogens (primary N) is 1. The molecule has 5 heteroatoms. The summed E-state index contributed by atoms with van der Waals surface area (Å²) < 4.78 is 0. The Kier molecular flexibility index (Phi) is 7.54. The number of unbranched alkanes of at least 4 members (excludes halogenated alkanes) is 1. The molecule has 0 aromatic carbocycles. The maximum absolute atomic E-state index is 11.5. The van der Waals surface area contributed by atoms with Crippen LogP contribution in [0.3, 0.4) is 0 Å². The van der Waals surface area contributed by atoms with Gasteiger partial charge in [-0.3, -0.25) is 9.59 Å². The standard InChI is InChI=1S/C11H23N3O2/c1-4-6-7-9(12)11(16)13-8-10(15)14(3)5-2/h9H,4-8,12H2,1-3H3,(H,13,16). The first-order valence-electron chi connectivity index (χ1n) is 5.80. The number of amides is 2. The van der Waals surface area contributed by atoms with Crippen molar-refractivity contribution < 1.29 is 9.59 Å². The largest absolute Gasteiger partial charge is 0.346 e. The van der Waals surface area contributed by atoms with Gasteiger partial charge < -0.3 is 16.0 Å².